The van der Waals surface area contributed by atoms with Gasteiger partial charge in [0, 0.05) is 29.3 Å². The summed E-state index contributed by atoms with van der Waals surface area (Å²) >= 11 is 0. The molecular weight excluding hydrogens is 429 g/mol. The minimum Gasteiger partial charge on any atom is -0.460 e. The second-order valence-corrected chi connectivity index (χ2v) is 9.03. The number of fused-ring (bicyclic) bond motifs is 1. The van der Waals surface area contributed by atoms with Gasteiger partial charge in [-0.25, -0.2) is 4.39 Å². The second kappa shape index (κ2) is 9.27. The molecule has 2 unspecified atom stereocenters. The largest absolute Gasteiger partial charge is 0.460 e. The number of nitrogens with two attached hydrogens (primary N) is 1. The maximum Gasteiger partial charge on any atom is 0.306 e. The average molecular weight is 458 g/mol. The number of ether oxygens (including phenoxy) is 1. The molecule has 9 heteroatoms. The summed E-state index contributed by atoms with van der Waals surface area (Å²) in [5, 5.41) is 9.36. The molecule has 1 aromatic carbocycles. The van der Waals surface area contributed by atoms with Crippen molar-refractivity contribution in [3.05, 3.63) is 53.0 Å². The first-order valence-corrected chi connectivity index (χ1v) is 10.7. The van der Waals surface area contributed by atoms with Gasteiger partial charge in [-0.1, -0.05) is 0 Å². The van der Waals surface area contributed by atoms with E-state index in [1.807, 2.05) is 0 Å². The molecule has 176 valence electrons. The number of halogens is 1. The molecule has 33 heavy (non-hydrogen) atoms. The molecule has 2 atom stereocenters. The van der Waals surface area contributed by atoms with Gasteiger partial charge in [-0.05, 0) is 63.9 Å². The van der Waals surface area contributed by atoms with Gasteiger partial charge >= 0.3 is 5.97 Å². The summed E-state index contributed by atoms with van der Waals surface area (Å²) in [6.07, 6.45) is 1.31. The molecule has 0 radical (unpaired) electrons. The SMILES string of the molecule is CC1c2c(ccc(-c3cc(CO)ccn3)c2F)C(=O)N1C(CCC(=O)OC(C)(C)C)C(N)=O. The van der Waals surface area contributed by atoms with E-state index < -0.39 is 41.3 Å². The van der Waals surface area contributed by atoms with Crippen LogP contribution in [0.15, 0.2) is 30.5 Å². The summed E-state index contributed by atoms with van der Waals surface area (Å²) in [6, 6.07) is 4.23. The van der Waals surface area contributed by atoms with Crippen LogP contribution in [0.3, 0.4) is 0 Å². The van der Waals surface area contributed by atoms with Crippen molar-refractivity contribution < 1.29 is 28.6 Å². The number of rotatable bonds is 7. The number of primary amides is 1. The highest BCUT2D eigenvalue weighted by molar-refractivity contribution is 6.02. The standard InChI is InChI=1S/C24H28FN3O5/c1-13-20-16(6-5-15(21(20)25)17-11-14(12-29)9-10-27-17)23(32)28(13)18(22(26)31)7-8-19(30)33-24(2,3)4/h5-6,9-11,13,18,29H,7-8,12H2,1-4H3,(H2,26,31). The van der Waals surface area contributed by atoms with Crippen LogP contribution >= 0.6 is 0 Å². The first-order chi connectivity index (χ1) is 15.4. The number of aliphatic hydroxyl groups excluding tert-OH is 1. The number of amides is 2. The highest BCUT2D eigenvalue weighted by Gasteiger charge is 2.43. The smallest absolute Gasteiger partial charge is 0.306 e. The fraction of sp³-hybridized carbons (Fsp3) is 0.417. The van der Waals surface area contributed by atoms with Crippen molar-refractivity contribution in [1.29, 1.82) is 0 Å². The van der Waals surface area contributed by atoms with E-state index in [0.717, 1.165) is 0 Å². The number of hydrogen-bond donors (Lipinski definition) is 2. The number of benzene rings is 1. The lowest BCUT2D eigenvalue weighted by molar-refractivity contribution is -0.155. The number of nitrogens with zero attached hydrogens (tertiary/aromatic N) is 2. The zero-order chi connectivity index (χ0) is 24.5. The van der Waals surface area contributed by atoms with E-state index in [0.29, 0.717) is 11.3 Å². The molecule has 0 fully saturated rings. The third kappa shape index (κ3) is 5.03. The summed E-state index contributed by atoms with van der Waals surface area (Å²) in [5.74, 6) is -2.47. The summed E-state index contributed by atoms with van der Waals surface area (Å²) in [4.78, 5) is 42.9. The lowest BCUT2D eigenvalue weighted by Gasteiger charge is -2.30. The minimum absolute atomic E-state index is 0.0388. The Morgan fingerprint density at radius 1 is 1.27 bits per heavy atom. The Balaban J connectivity index is 1.91. The number of carbonyl (C=O) groups excluding carboxylic acids is 3. The van der Waals surface area contributed by atoms with E-state index >= 15 is 4.39 Å². The number of hydrogen-bond acceptors (Lipinski definition) is 6. The molecule has 1 aliphatic rings. The Kier molecular flexibility index (Phi) is 6.83. The Bertz CT molecular complexity index is 1100. The number of carbonyl (C=O) groups is 3. The fourth-order valence-corrected chi connectivity index (χ4v) is 4.04. The summed E-state index contributed by atoms with van der Waals surface area (Å²) in [6.45, 7) is 6.57. The van der Waals surface area contributed by atoms with E-state index in [4.69, 9.17) is 10.5 Å². The highest BCUT2D eigenvalue weighted by Crippen LogP contribution is 2.40. The van der Waals surface area contributed by atoms with E-state index in [9.17, 15) is 19.5 Å². The molecule has 8 nitrogen and oxygen atoms in total. The van der Waals surface area contributed by atoms with Crippen molar-refractivity contribution in [1.82, 2.24) is 9.88 Å². The molecule has 1 aliphatic heterocycles. The number of aliphatic hydroxyl groups is 1. The molecular formula is C24H28FN3O5. The lowest BCUT2D eigenvalue weighted by atomic mass is 9.98. The molecule has 2 aromatic rings. The molecule has 0 saturated heterocycles. The van der Waals surface area contributed by atoms with Crippen LogP contribution in [-0.4, -0.2) is 44.4 Å². The van der Waals surface area contributed by atoms with Gasteiger partial charge < -0.3 is 20.5 Å². The zero-order valence-corrected chi connectivity index (χ0v) is 19.1. The van der Waals surface area contributed by atoms with Gasteiger partial charge in [-0.3, -0.25) is 19.4 Å². The maximum absolute atomic E-state index is 15.6. The third-order valence-electron chi connectivity index (χ3n) is 5.47. The number of esters is 1. The Morgan fingerprint density at radius 2 is 1.94 bits per heavy atom. The quantitative estimate of drug-likeness (QED) is 0.617. The van der Waals surface area contributed by atoms with Crippen molar-refractivity contribution in [3.8, 4) is 11.3 Å². The van der Waals surface area contributed by atoms with Gasteiger partial charge in [-0.15, -0.1) is 0 Å². The van der Waals surface area contributed by atoms with Crippen molar-refractivity contribution in [3.63, 3.8) is 0 Å². The Hall–Kier alpha value is -3.33. The molecule has 3 N–H and O–H groups in total. The highest BCUT2D eigenvalue weighted by atomic mass is 19.1. The van der Waals surface area contributed by atoms with Crippen LogP contribution in [0.1, 0.15) is 68.1 Å². The van der Waals surface area contributed by atoms with Gasteiger partial charge in [-0.2, -0.15) is 0 Å². The molecule has 0 aliphatic carbocycles. The number of aromatic nitrogens is 1. The summed E-state index contributed by atoms with van der Waals surface area (Å²) < 4.78 is 20.9. The predicted octanol–water partition coefficient (Wildman–Crippen LogP) is 2.87. The van der Waals surface area contributed by atoms with Crippen molar-refractivity contribution in [2.45, 2.75) is 64.8 Å². The topological polar surface area (TPSA) is 123 Å². The second-order valence-electron chi connectivity index (χ2n) is 9.03. The van der Waals surface area contributed by atoms with Crippen LogP contribution < -0.4 is 5.73 Å². The molecule has 0 saturated carbocycles. The Labute approximate surface area is 191 Å². The first-order valence-electron chi connectivity index (χ1n) is 10.7. The summed E-state index contributed by atoms with van der Waals surface area (Å²) in [5.41, 5.74) is 6.21. The zero-order valence-electron chi connectivity index (χ0n) is 19.1. The molecule has 0 bridgehead atoms. The van der Waals surface area contributed by atoms with Crippen molar-refractivity contribution in [2.24, 2.45) is 5.73 Å². The van der Waals surface area contributed by atoms with Gasteiger partial charge in [0.05, 0.1) is 18.3 Å². The minimum atomic E-state index is -1.11. The molecule has 0 spiro atoms. The van der Waals surface area contributed by atoms with Gasteiger partial charge in [0.2, 0.25) is 5.91 Å². The van der Waals surface area contributed by atoms with Crippen LogP contribution in [0, 0.1) is 5.82 Å². The normalized spacial score (nSPS) is 16.5. The van der Waals surface area contributed by atoms with Crippen LogP contribution in [-0.2, 0) is 20.9 Å². The van der Waals surface area contributed by atoms with Gasteiger partial charge in [0.1, 0.15) is 17.5 Å². The molecule has 1 aromatic heterocycles. The first kappa shape index (κ1) is 24.3. The Morgan fingerprint density at radius 3 is 2.55 bits per heavy atom. The van der Waals surface area contributed by atoms with E-state index in [-0.39, 0.29) is 36.1 Å². The van der Waals surface area contributed by atoms with Gasteiger partial charge in [0.15, 0.2) is 0 Å². The van der Waals surface area contributed by atoms with Crippen LogP contribution in [0.5, 0.6) is 0 Å². The van der Waals surface area contributed by atoms with Crippen molar-refractivity contribution >= 4 is 17.8 Å². The predicted molar refractivity (Wildman–Crippen MR) is 118 cm³/mol. The fourth-order valence-electron chi connectivity index (χ4n) is 4.04. The monoisotopic (exact) mass is 457 g/mol. The molecule has 3 rings (SSSR count). The lowest BCUT2D eigenvalue weighted by Crippen LogP contribution is -2.46. The van der Waals surface area contributed by atoms with E-state index in [2.05, 4.69) is 4.98 Å². The third-order valence-corrected chi connectivity index (χ3v) is 5.47. The van der Waals surface area contributed by atoms with Crippen molar-refractivity contribution in [2.75, 3.05) is 0 Å². The average Bonchev–Trinajstić information content (AvgIpc) is 2.98. The van der Waals surface area contributed by atoms with Crippen LogP contribution in [0.25, 0.3) is 11.3 Å². The van der Waals surface area contributed by atoms with Gasteiger partial charge in [0.25, 0.3) is 5.91 Å². The summed E-state index contributed by atoms with van der Waals surface area (Å²) in [7, 11) is 0. The number of pyridine rings is 1. The van der Waals surface area contributed by atoms with Crippen LogP contribution in [0.2, 0.25) is 0 Å². The maximum atomic E-state index is 15.6. The molecule has 2 heterocycles. The van der Waals surface area contributed by atoms with E-state index in [1.54, 1.807) is 39.8 Å². The molecule has 2 amide bonds. The van der Waals surface area contributed by atoms with Crippen LogP contribution in [0.4, 0.5) is 4.39 Å². The van der Waals surface area contributed by atoms with E-state index in [1.165, 1.54) is 23.2 Å².